The topological polar surface area (TPSA) is 61.8 Å². The number of para-hydroxylation sites is 1. The third-order valence-corrected chi connectivity index (χ3v) is 6.59. The molecule has 1 fully saturated rings. The predicted molar refractivity (Wildman–Crippen MR) is 135 cm³/mol. The molecule has 1 aliphatic heterocycles. The number of hydrogen-bond acceptors (Lipinski definition) is 4. The number of aliphatic imine (C=N–C) groups is 1. The molecule has 3 aromatic rings. The zero-order valence-corrected chi connectivity index (χ0v) is 19.2. The Kier molecular flexibility index (Phi) is 7.93. The van der Waals surface area contributed by atoms with E-state index in [9.17, 15) is 9.59 Å². The van der Waals surface area contributed by atoms with Gasteiger partial charge in [-0.05, 0) is 36.1 Å². The van der Waals surface area contributed by atoms with Crippen molar-refractivity contribution in [2.75, 3.05) is 13.1 Å². The molecule has 0 radical (unpaired) electrons. The number of carbonyl (C=O) groups is 2. The van der Waals surface area contributed by atoms with Gasteiger partial charge in [-0.3, -0.25) is 14.5 Å². The maximum Gasteiger partial charge on any atom is 0.242 e. The molecule has 1 saturated heterocycles. The van der Waals surface area contributed by atoms with Crippen LogP contribution in [0.3, 0.4) is 0 Å². The predicted octanol–water partition coefficient (Wildman–Crippen LogP) is 4.61. The van der Waals surface area contributed by atoms with Gasteiger partial charge in [0.15, 0.2) is 5.17 Å². The fourth-order valence-electron chi connectivity index (χ4n) is 3.66. The zero-order valence-electron chi connectivity index (χ0n) is 18.4. The third-order valence-electron chi connectivity index (χ3n) is 5.42. The molecule has 0 bridgehead atoms. The molecule has 168 valence electrons. The summed E-state index contributed by atoms with van der Waals surface area (Å²) < 4.78 is 0. The summed E-state index contributed by atoms with van der Waals surface area (Å²) in [4.78, 5) is 32.2. The highest BCUT2D eigenvalue weighted by atomic mass is 32.2. The van der Waals surface area contributed by atoms with Gasteiger partial charge in [0.1, 0.15) is 5.25 Å². The van der Waals surface area contributed by atoms with Gasteiger partial charge in [0, 0.05) is 19.5 Å². The van der Waals surface area contributed by atoms with E-state index in [4.69, 9.17) is 4.99 Å². The second-order valence-corrected chi connectivity index (χ2v) is 9.02. The highest BCUT2D eigenvalue weighted by Crippen LogP contribution is 2.31. The average Bonchev–Trinajstić information content (AvgIpc) is 3.13. The molecule has 1 aliphatic rings. The van der Waals surface area contributed by atoms with Crippen molar-refractivity contribution in [3.63, 3.8) is 0 Å². The van der Waals surface area contributed by atoms with Crippen LogP contribution in [0.25, 0.3) is 0 Å². The minimum atomic E-state index is -0.458. The first-order chi connectivity index (χ1) is 16.2. The Labute approximate surface area is 198 Å². The molecule has 6 heteroatoms. The lowest BCUT2D eigenvalue weighted by Gasteiger charge is -2.16. The van der Waals surface area contributed by atoms with E-state index >= 15 is 0 Å². The normalized spacial score (nSPS) is 16.8. The van der Waals surface area contributed by atoms with Gasteiger partial charge < -0.3 is 5.32 Å². The van der Waals surface area contributed by atoms with Gasteiger partial charge in [-0.15, -0.1) is 0 Å². The number of rotatable bonds is 9. The summed E-state index contributed by atoms with van der Waals surface area (Å²) in [5.41, 5.74) is 3.13. The lowest BCUT2D eigenvalue weighted by Crippen LogP contribution is -2.36. The number of amidine groups is 1. The fraction of sp³-hybridized carbons (Fsp3) is 0.222. The van der Waals surface area contributed by atoms with Crippen molar-refractivity contribution < 1.29 is 9.59 Å². The summed E-state index contributed by atoms with van der Waals surface area (Å²) in [7, 11) is 0. The highest BCUT2D eigenvalue weighted by molar-refractivity contribution is 8.15. The number of thioether (sulfide) groups is 1. The van der Waals surface area contributed by atoms with Crippen molar-refractivity contribution in [2.45, 2.75) is 24.5 Å². The van der Waals surface area contributed by atoms with Gasteiger partial charge in [0.2, 0.25) is 11.8 Å². The molecule has 33 heavy (non-hydrogen) atoms. The molecule has 1 atom stereocenters. The number of hydrogen-bond donors (Lipinski definition) is 1. The lowest BCUT2D eigenvalue weighted by atomic mass is 10.1. The van der Waals surface area contributed by atoms with Crippen molar-refractivity contribution in [3.05, 3.63) is 102 Å². The second-order valence-electron chi connectivity index (χ2n) is 7.85. The van der Waals surface area contributed by atoms with Gasteiger partial charge in [0.25, 0.3) is 0 Å². The van der Waals surface area contributed by atoms with Crippen molar-refractivity contribution in [2.24, 2.45) is 4.99 Å². The fourth-order valence-corrected chi connectivity index (χ4v) is 4.84. The molecule has 4 rings (SSSR count). The summed E-state index contributed by atoms with van der Waals surface area (Å²) in [6, 6.07) is 29.7. The largest absolute Gasteiger partial charge is 0.356 e. The first-order valence-corrected chi connectivity index (χ1v) is 12.0. The molecule has 0 saturated carbocycles. The quantitative estimate of drug-likeness (QED) is 0.510. The van der Waals surface area contributed by atoms with Gasteiger partial charge in [-0.25, -0.2) is 4.99 Å². The van der Waals surface area contributed by atoms with Crippen molar-refractivity contribution in [1.29, 1.82) is 0 Å². The Morgan fingerprint density at radius 2 is 1.42 bits per heavy atom. The van der Waals surface area contributed by atoms with Crippen LogP contribution in [0.2, 0.25) is 0 Å². The van der Waals surface area contributed by atoms with Crippen LogP contribution in [0.15, 0.2) is 96.0 Å². The molecule has 2 amide bonds. The van der Waals surface area contributed by atoms with E-state index < -0.39 is 5.25 Å². The van der Waals surface area contributed by atoms with E-state index in [0.29, 0.717) is 18.3 Å². The first kappa shape index (κ1) is 22.8. The van der Waals surface area contributed by atoms with Crippen LogP contribution >= 0.6 is 11.8 Å². The Morgan fingerprint density at radius 3 is 2.06 bits per heavy atom. The van der Waals surface area contributed by atoms with Crippen molar-refractivity contribution in [3.8, 4) is 0 Å². The maximum absolute atomic E-state index is 13.2. The van der Waals surface area contributed by atoms with Gasteiger partial charge in [-0.2, -0.15) is 0 Å². The average molecular weight is 458 g/mol. The van der Waals surface area contributed by atoms with E-state index in [0.717, 1.165) is 24.1 Å². The van der Waals surface area contributed by atoms with E-state index in [1.807, 2.05) is 78.9 Å². The first-order valence-electron chi connectivity index (χ1n) is 11.2. The van der Waals surface area contributed by atoms with Crippen LogP contribution in [-0.4, -0.2) is 40.2 Å². The molecule has 1 heterocycles. The smallest absolute Gasteiger partial charge is 0.242 e. The summed E-state index contributed by atoms with van der Waals surface area (Å²) in [6.45, 7) is 1.09. The van der Waals surface area contributed by atoms with E-state index in [2.05, 4.69) is 17.4 Å². The minimum Gasteiger partial charge on any atom is -0.356 e. The molecule has 3 aromatic carbocycles. The number of benzene rings is 3. The van der Waals surface area contributed by atoms with E-state index in [-0.39, 0.29) is 18.2 Å². The molecule has 1 N–H and O–H groups in total. The summed E-state index contributed by atoms with van der Waals surface area (Å²) >= 11 is 1.38. The molecule has 0 aromatic heterocycles. The maximum atomic E-state index is 13.2. The van der Waals surface area contributed by atoms with Crippen LogP contribution < -0.4 is 5.32 Å². The monoisotopic (exact) mass is 457 g/mol. The highest BCUT2D eigenvalue weighted by Gasteiger charge is 2.38. The Balaban J connectivity index is 1.39. The Morgan fingerprint density at radius 1 is 0.848 bits per heavy atom. The van der Waals surface area contributed by atoms with Crippen LogP contribution in [-0.2, 0) is 22.4 Å². The number of nitrogens with one attached hydrogen (secondary N) is 1. The molecule has 5 nitrogen and oxygen atoms in total. The number of carbonyl (C=O) groups excluding carboxylic acids is 2. The lowest BCUT2D eigenvalue weighted by molar-refractivity contribution is -0.129. The molecular formula is C27H27N3O2S. The molecule has 0 unspecified atom stereocenters. The van der Waals surface area contributed by atoms with E-state index in [1.54, 1.807) is 4.90 Å². The van der Waals surface area contributed by atoms with Crippen LogP contribution in [0, 0.1) is 0 Å². The zero-order chi connectivity index (χ0) is 22.9. The van der Waals surface area contributed by atoms with E-state index in [1.165, 1.54) is 17.3 Å². The van der Waals surface area contributed by atoms with Gasteiger partial charge in [0.05, 0.1) is 5.69 Å². The molecule has 0 aliphatic carbocycles. The van der Waals surface area contributed by atoms with Crippen LogP contribution in [0.4, 0.5) is 5.69 Å². The molecular weight excluding hydrogens is 430 g/mol. The third kappa shape index (κ3) is 6.56. The summed E-state index contributed by atoms with van der Waals surface area (Å²) in [5.74, 6) is -0.162. The Hall–Kier alpha value is -3.38. The SMILES string of the molecule is O=C(C[C@H]1SC(=Nc2ccccc2)N(CCc2ccccc2)C1=O)NCCc1ccccc1. The van der Waals surface area contributed by atoms with Crippen LogP contribution in [0.5, 0.6) is 0 Å². The van der Waals surface area contributed by atoms with Gasteiger partial charge >= 0.3 is 0 Å². The second kappa shape index (κ2) is 11.5. The number of amides is 2. The van der Waals surface area contributed by atoms with Crippen molar-refractivity contribution in [1.82, 2.24) is 10.2 Å². The van der Waals surface area contributed by atoms with Crippen molar-refractivity contribution >= 4 is 34.4 Å². The standard InChI is InChI=1S/C27H27N3O2S/c31-25(28-18-16-21-10-4-1-5-11-21)20-24-26(32)30(19-17-22-12-6-2-7-13-22)27(33-24)29-23-14-8-3-9-15-23/h1-15,24H,16-20H2,(H,28,31)/t24-/m1/s1. The summed E-state index contributed by atoms with van der Waals surface area (Å²) in [5, 5.41) is 3.15. The minimum absolute atomic E-state index is 0.0520. The molecule has 0 spiro atoms. The van der Waals surface area contributed by atoms with Crippen LogP contribution in [0.1, 0.15) is 17.5 Å². The number of nitrogens with zero attached hydrogens (tertiary/aromatic N) is 2. The Bertz CT molecular complexity index is 1090. The van der Waals surface area contributed by atoms with Gasteiger partial charge in [-0.1, -0.05) is 90.6 Å². The summed E-state index contributed by atoms with van der Waals surface area (Å²) in [6.07, 6.45) is 1.65.